The molecular weight excluding hydrogens is 501 g/mol. The van der Waals surface area contributed by atoms with Crippen molar-refractivity contribution in [3.63, 3.8) is 0 Å². The van der Waals surface area contributed by atoms with E-state index in [2.05, 4.69) is 9.71 Å². The Morgan fingerprint density at radius 1 is 1.06 bits per heavy atom. The Kier molecular flexibility index (Phi) is 6.75. The second-order valence-corrected chi connectivity index (χ2v) is 10.3. The van der Waals surface area contributed by atoms with Crippen molar-refractivity contribution >= 4 is 45.1 Å². The normalized spacial score (nSPS) is 16.0. The first-order valence-corrected chi connectivity index (χ1v) is 13.0. The summed E-state index contributed by atoms with van der Waals surface area (Å²) in [6.07, 6.45) is 2.26. The maximum atomic E-state index is 14.9. The highest BCUT2D eigenvalue weighted by Gasteiger charge is 2.37. The Bertz CT molecular complexity index is 1470. The molecule has 2 heterocycles. The van der Waals surface area contributed by atoms with Gasteiger partial charge in [0.05, 0.1) is 21.7 Å². The fourth-order valence-corrected chi connectivity index (χ4v) is 5.82. The summed E-state index contributed by atoms with van der Waals surface area (Å²) in [4.78, 5) is 19.3. The second kappa shape index (κ2) is 9.97. The third-order valence-electron chi connectivity index (χ3n) is 6.47. The van der Waals surface area contributed by atoms with E-state index < -0.39 is 22.4 Å². The average Bonchev–Trinajstić information content (AvgIpc) is 2.89. The van der Waals surface area contributed by atoms with Gasteiger partial charge in [0, 0.05) is 40.8 Å². The minimum absolute atomic E-state index is 0.0181. The van der Waals surface area contributed by atoms with Crippen molar-refractivity contribution in [2.45, 2.75) is 23.3 Å². The van der Waals surface area contributed by atoms with Crippen molar-refractivity contribution in [1.29, 1.82) is 0 Å². The number of para-hydroxylation sites is 1. The first-order chi connectivity index (χ1) is 17.4. The number of benzene rings is 3. The van der Waals surface area contributed by atoms with Crippen LogP contribution in [0.2, 0.25) is 5.02 Å². The van der Waals surface area contributed by atoms with Crippen LogP contribution in [-0.4, -0.2) is 38.2 Å². The highest BCUT2D eigenvalue weighted by molar-refractivity contribution is 7.86. The molecule has 0 saturated carbocycles. The molecule has 0 radical (unpaired) electrons. The molecule has 9 heteroatoms. The van der Waals surface area contributed by atoms with Gasteiger partial charge in [0.2, 0.25) is 0 Å². The Labute approximate surface area is 215 Å². The van der Waals surface area contributed by atoms with Crippen LogP contribution in [0.5, 0.6) is 0 Å². The number of fused-ring (bicyclic) bond motifs is 1. The zero-order valence-electron chi connectivity index (χ0n) is 19.2. The number of nitrogens with zero attached hydrogens (tertiary/aromatic N) is 2. The van der Waals surface area contributed by atoms with Crippen LogP contribution >= 0.6 is 11.6 Å². The number of hydrogen-bond donors (Lipinski definition) is 2. The standard InChI is InChI=1S/C27H23ClFN3O3S/c28-21-8-2-1-7-20(21)27(34)12-15-32(16-13-27)26(33)19-10-11-23(22(29)17-19)31-36(35)24-9-3-5-18-6-4-14-30-25(18)24/h1-11,14,17,31,34H,12-13,15-16H2. The van der Waals surface area contributed by atoms with Crippen molar-refractivity contribution in [1.82, 2.24) is 9.88 Å². The number of carbonyl (C=O) groups is 1. The number of piperidine rings is 1. The lowest BCUT2D eigenvalue weighted by Gasteiger charge is -2.39. The van der Waals surface area contributed by atoms with Gasteiger partial charge in [0.15, 0.2) is 11.0 Å². The van der Waals surface area contributed by atoms with Crippen LogP contribution in [0, 0.1) is 5.82 Å². The number of likely N-dealkylation sites (tertiary alicyclic amines) is 1. The number of aromatic nitrogens is 1. The molecule has 1 unspecified atom stereocenters. The molecule has 0 spiro atoms. The summed E-state index contributed by atoms with van der Waals surface area (Å²) in [6, 6.07) is 20.1. The molecule has 6 nitrogen and oxygen atoms in total. The SMILES string of the molecule is O=C(c1ccc(NS(=O)c2cccc3cccnc23)c(F)c1)N1CCC(O)(c2ccccc2Cl)CC1. The van der Waals surface area contributed by atoms with Gasteiger partial charge in [0.1, 0.15) is 5.82 Å². The van der Waals surface area contributed by atoms with Gasteiger partial charge in [0.25, 0.3) is 5.91 Å². The minimum Gasteiger partial charge on any atom is -0.385 e. The number of anilines is 1. The topological polar surface area (TPSA) is 82.5 Å². The Hall–Kier alpha value is -3.33. The summed E-state index contributed by atoms with van der Waals surface area (Å²) < 4.78 is 30.5. The van der Waals surface area contributed by atoms with Crippen molar-refractivity contribution in [3.8, 4) is 0 Å². The molecule has 0 bridgehead atoms. The molecule has 2 N–H and O–H groups in total. The van der Waals surface area contributed by atoms with Gasteiger partial charge < -0.3 is 10.0 Å². The summed E-state index contributed by atoms with van der Waals surface area (Å²) in [6.45, 7) is 0.612. The molecule has 1 aromatic heterocycles. The predicted molar refractivity (Wildman–Crippen MR) is 139 cm³/mol. The fourth-order valence-electron chi connectivity index (χ4n) is 4.48. The summed E-state index contributed by atoms with van der Waals surface area (Å²) in [5.41, 5.74) is 0.298. The van der Waals surface area contributed by atoms with E-state index in [0.717, 1.165) is 11.5 Å². The number of carbonyl (C=O) groups excluding carboxylic acids is 1. The van der Waals surface area contributed by atoms with Crippen LogP contribution < -0.4 is 4.72 Å². The molecule has 1 amide bonds. The fraction of sp³-hybridized carbons (Fsp3) is 0.185. The maximum absolute atomic E-state index is 14.9. The molecule has 1 saturated heterocycles. The summed E-state index contributed by atoms with van der Waals surface area (Å²) in [7, 11) is -1.76. The lowest BCUT2D eigenvalue weighted by atomic mass is 9.84. The van der Waals surface area contributed by atoms with Gasteiger partial charge in [-0.1, -0.05) is 48.0 Å². The number of pyridine rings is 1. The van der Waals surface area contributed by atoms with Crippen molar-refractivity contribution in [2.75, 3.05) is 17.8 Å². The van der Waals surface area contributed by atoms with Gasteiger partial charge in [-0.15, -0.1) is 0 Å². The zero-order valence-corrected chi connectivity index (χ0v) is 20.7. The monoisotopic (exact) mass is 523 g/mol. The molecule has 5 rings (SSSR count). The molecule has 0 aliphatic carbocycles. The predicted octanol–water partition coefficient (Wildman–Crippen LogP) is 5.29. The van der Waals surface area contributed by atoms with Crippen molar-refractivity contribution in [2.24, 2.45) is 0 Å². The molecular formula is C27H23ClFN3O3S. The Morgan fingerprint density at radius 3 is 2.56 bits per heavy atom. The van der Waals surface area contributed by atoms with Gasteiger partial charge in [-0.2, -0.15) is 0 Å². The highest BCUT2D eigenvalue weighted by atomic mass is 35.5. The molecule has 4 aromatic rings. The molecule has 1 fully saturated rings. The molecule has 184 valence electrons. The van der Waals surface area contributed by atoms with Gasteiger partial charge in [-0.3, -0.25) is 14.5 Å². The third-order valence-corrected chi connectivity index (χ3v) is 7.93. The summed E-state index contributed by atoms with van der Waals surface area (Å²) >= 11 is 6.26. The molecule has 1 atom stereocenters. The Morgan fingerprint density at radius 2 is 1.81 bits per heavy atom. The van der Waals surface area contributed by atoms with Gasteiger partial charge in [-0.25, -0.2) is 8.60 Å². The number of hydrogen-bond acceptors (Lipinski definition) is 4. The van der Waals surface area contributed by atoms with Crippen LogP contribution in [0.3, 0.4) is 0 Å². The molecule has 1 aliphatic rings. The molecule has 1 aliphatic heterocycles. The quantitative estimate of drug-likeness (QED) is 0.372. The van der Waals surface area contributed by atoms with Crippen LogP contribution in [0.25, 0.3) is 10.9 Å². The maximum Gasteiger partial charge on any atom is 0.253 e. The largest absolute Gasteiger partial charge is 0.385 e. The minimum atomic E-state index is -1.76. The van der Waals surface area contributed by atoms with Crippen LogP contribution in [0.15, 0.2) is 83.9 Å². The van der Waals surface area contributed by atoms with Crippen molar-refractivity contribution in [3.05, 3.63) is 101 Å². The van der Waals surface area contributed by atoms with E-state index >= 15 is 0 Å². The van der Waals surface area contributed by atoms with E-state index in [-0.39, 0.29) is 17.2 Å². The first-order valence-electron chi connectivity index (χ1n) is 11.4. The third kappa shape index (κ3) is 4.72. The van der Waals surface area contributed by atoms with E-state index in [9.17, 15) is 18.5 Å². The lowest BCUT2D eigenvalue weighted by Crippen LogP contribution is -2.45. The van der Waals surface area contributed by atoms with Crippen LogP contribution in [-0.2, 0) is 16.6 Å². The van der Waals surface area contributed by atoms with Crippen LogP contribution in [0.1, 0.15) is 28.8 Å². The number of amides is 1. The lowest BCUT2D eigenvalue weighted by molar-refractivity contribution is -0.0210. The second-order valence-electron chi connectivity index (χ2n) is 8.70. The molecule has 3 aromatic carbocycles. The van der Waals surface area contributed by atoms with E-state index in [1.54, 1.807) is 47.5 Å². The summed E-state index contributed by atoms with van der Waals surface area (Å²) in [5, 5.41) is 12.4. The van der Waals surface area contributed by atoms with Crippen molar-refractivity contribution < 1.29 is 18.5 Å². The molecule has 36 heavy (non-hydrogen) atoms. The Balaban J connectivity index is 1.28. The number of nitrogens with one attached hydrogen (secondary N) is 1. The van der Waals surface area contributed by atoms with E-state index in [1.807, 2.05) is 18.2 Å². The number of halogens is 2. The summed E-state index contributed by atoms with van der Waals surface area (Å²) in [5.74, 6) is -1.02. The van der Waals surface area contributed by atoms with E-state index in [1.165, 1.54) is 12.1 Å². The van der Waals surface area contributed by atoms with Gasteiger partial charge >= 0.3 is 0 Å². The van der Waals surface area contributed by atoms with Gasteiger partial charge in [-0.05, 0) is 49.2 Å². The number of rotatable bonds is 5. The zero-order chi connectivity index (χ0) is 25.3. The first kappa shape index (κ1) is 24.4. The van der Waals surface area contributed by atoms with E-state index in [4.69, 9.17) is 11.6 Å². The average molecular weight is 524 g/mol. The van der Waals surface area contributed by atoms with E-state index in [0.29, 0.717) is 46.9 Å². The smallest absolute Gasteiger partial charge is 0.253 e. The number of aliphatic hydroxyl groups is 1. The van der Waals surface area contributed by atoms with Crippen LogP contribution in [0.4, 0.5) is 10.1 Å². The highest BCUT2D eigenvalue weighted by Crippen LogP contribution is 2.37.